The number of aliphatic hydroxyl groups is 1. The molecule has 0 bridgehead atoms. The van der Waals surface area contributed by atoms with Crippen LogP contribution in [-0.4, -0.2) is 23.9 Å². The van der Waals surface area contributed by atoms with Crippen LogP contribution in [0.1, 0.15) is 0 Å². The summed E-state index contributed by atoms with van der Waals surface area (Å²) in [5.41, 5.74) is 0. The van der Waals surface area contributed by atoms with Crippen LogP contribution in [0, 0.1) is 0 Å². The van der Waals surface area contributed by atoms with E-state index in [9.17, 15) is 0 Å². The summed E-state index contributed by atoms with van der Waals surface area (Å²) in [4.78, 5) is 0. The van der Waals surface area contributed by atoms with Crippen LogP contribution in [0.5, 0.6) is 0 Å². The van der Waals surface area contributed by atoms with Crippen molar-refractivity contribution in [3.8, 4) is 0 Å². The summed E-state index contributed by atoms with van der Waals surface area (Å²) < 4.78 is 0. The van der Waals surface area contributed by atoms with E-state index in [0.29, 0.717) is 0 Å². The normalized spacial score (nSPS) is 15.1. The molecule has 0 aliphatic heterocycles. The van der Waals surface area contributed by atoms with Gasteiger partial charge in [-0.3, -0.25) is 0 Å². The molecule has 0 unspecified atom stereocenters. The standard InChI is InChI=1S/CH4O.5ClH.Sb/c1-2;;;;;;/h2H,1H3;5*1H;/q;;;;;;+5/p-5. The van der Waals surface area contributed by atoms with E-state index in [4.69, 9.17) is 49.3 Å². The first-order valence-corrected chi connectivity index (χ1v) is 17.5. The molecule has 0 heterocycles. The third-order valence-electron chi connectivity index (χ3n) is 0. The van der Waals surface area contributed by atoms with Crippen molar-refractivity contribution in [2.75, 3.05) is 7.11 Å². The van der Waals surface area contributed by atoms with Crippen molar-refractivity contribution >= 4 is 55.8 Å². The van der Waals surface area contributed by atoms with Gasteiger partial charge in [-0.05, 0) is 0 Å². The Morgan fingerprint density at radius 1 is 0.875 bits per heavy atom. The molecule has 0 amide bonds. The van der Waals surface area contributed by atoms with Gasteiger partial charge in [-0.25, -0.2) is 0 Å². The Hall–Kier alpha value is 2.23. The summed E-state index contributed by atoms with van der Waals surface area (Å²) in [6, 6.07) is 0. The molecule has 0 aliphatic rings. The fraction of sp³-hybridized carbons (Fsp3) is 1.00. The van der Waals surface area contributed by atoms with Crippen LogP contribution >= 0.6 is 44.1 Å². The van der Waals surface area contributed by atoms with Crippen LogP contribution < -0.4 is 0 Å². The van der Waals surface area contributed by atoms with Gasteiger partial charge in [-0.15, -0.1) is 0 Å². The van der Waals surface area contributed by atoms with E-state index in [1.54, 1.807) is 0 Å². The van der Waals surface area contributed by atoms with Crippen molar-refractivity contribution in [3.05, 3.63) is 0 Å². The first kappa shape index (κ1) is 12.9. The van der Waals surface area contributed by atoms with Crippen LogP contribution in [0.25, 0.3) is 0 Å². The summed E-state index contributed by atoms with van der Waals surface area (Å²) in [5.74, 6) is 0. The van der Waals surface area contributed by atoms with E-state index in [-0.39, 0.29) is 0 Å². The SMILES string of the molecule is CO.[Cl][Sb]([Cl])([Cl])([Cl])[Cl]. The van der Waals surface area contributed by atoms with Crippen molar-refractivity contribution < 1.29 is 5.11 Å². The third-order valence-corrected chi connectivity index (χ3v) is 0. The molecule has 0 aromatic rings. The Balaban J connectivity index is 0. The second-order valence-corrected chi connectivity index (χ2v) is 38.6. The van der Waals surface area contributed by atoms with Gasteiger partial charge in [0.15, 0.2) is 0 Å². The average molecular weight is 331 g/mol. The van der Waals surface area contributed by atoms with Crippen molar-refractivity contribution in [3.63, 3.8) is 0 Å². The molecular weight excluding hydrogens is 327 g/mol. The molecule has 7 heteroatoms. The molecule has 0 spiro atoms. The van der Waals surface area contributed by atoms with Gasteiger partial charge in [0.05, 0.1) is 0 Å². The fourth-order valence-corrected chi connectivity index (χ4v) is 0. The molecule has 0 saturated heterocycles. The van der Waals surface area contributed by atoms with Gasteiger partial charge in [-0.1, -0.05) is 0 Å². The van der Waals surface area contributed by atoms with Crippen LogP contribution in [0.3, 0.4) is 0 Å². The summed E-state index contributed by atoms with van der Waals surface area (Å²) in [5, 5.41) is 7.00. The second kappa shape index (κ2) is 4.18. The minimum atomic E-state index is -4.33. The minimum absolute atomic E-state index is 1.00. The molecular formula is CH4Cl5OSb. The molecule has 1 nitrogen and oxygen atoms in total. The molecule has 0 aromatic carbocycles. The number of hydrogen-bond donors (Lipinski definition) is 1. The topological polar surface area (TPSA) is 20.2 Å². The average Bonchev–Trinajstić information content (AvgIpc) is 1.33. The molecule has 0 fully saturated rings. The quantitative estimate of drug-likeness (QED) is 0.677. The van der Waals surface area contributed by atoms with E-state index in [2.05, 4.69) is 0 Å². The van der Waals surface area contributed by atoms with Gasteiger partial charge in [0.2, 0.25) is 0 Å². The summed E-state index contributed by atoms with van der Waals surface area (Å²) >= 11 is -4.33. The molecule has 8 heavy (non-hydrogen) atoms. The molecule has 0 aromatic heterocycles. The summed E-state index contributed by atoms with van der Waals surface area (Å²) in [6.07, 6.45) is 0. The van der Waals surface area contributed by atoms with Crippen molar-refractivity contribution in [1.29, 1.82) is 0 Å². The monoisotopic (exact) mass is 328 g/mol. The second-order valence-electron chi connectivity index (χ2n) is 0.639. The molecule has 0 rings (SSSR count). The Kier molecular flexibility index (Phi) is 6.72. The molecule has 0 atom stereocenters. The van der Waals surface area contributed by atoms with E-state index in [1.807, 2.05) is 0 Å². The van der Waals surface area contributed by atoms with Crippen LogP contribution in [0.15, 0.2) is 0 Å². The van der Waals surface area contributed by atoms with Gasteiger partial charge in [-0.2, -0.15) is 0 Å². The summed E-state index contributed by atoms with van der Waals surface area (Å²) in [6.45, 7) is 0. The van der Waals surface area contributed by atoms with E-state index < -0.39 is 11.7 Å². The Bertz CT molecular complexity index is 45.6. The molecule has 0 radical (unpaired) electrons. The number of aliphatic hydroxyl groups excluding tert-OH is 1. The molecule has 1 N–H and O–H groups in total. The van der Waals surface area contributed by atoms with Crippen LogP contribution in [-0.2, 0) is 0 Å². The van der Waals surface area contributed by atoms with Crippen molar-refractivity contribution in [2.24, 2.45) is 0 Å². The van der Waals surface area contributed by atoms with E-state index in [0.717, 1.165) is 7.11 Å². The zero-order valence-corrected chi connectivity index (χ0v) is 10.1. The van der Waals surface area contributed by atoms with Gasteiger partial charge in [0.25, 0.3) is 0 Å². The molecule has 0 saturated carbocycles. The number of rotatable bonds is 0. The van der Waals surface area contributed by atoms with Crippen LogP contribution in [0.2, 0.25) is 0 Å². The predicted octanol–water partition coefficient (Wildman–Crippen LogP) is 2.68. The zero-order valence-electron chi connectivity index (χ0n) is 3.78. The zero-order chi connectivity index (χ0) is 7.45. The Morgan fingerprint density at radius 3 is 0.875 bits per heavy atom. The van der Waals surface area contributed by atoms with Gasteiger partial charge >= 0.3 is 55.8 Å². The Labute approximate surface area is 67.2 Å². The van der Waals surface area contributed by atoms with Crippen molar-refractivity contribution in [2.45, 2.75) is 0 Å². The molecule has 54 valence electrons. The number of hydrogen-bond acceptors (Lipinski definition) is 1. The molecule has 0 aliphatic carbocycles. The van der Waals surface area contributed by atoms with Gasteiger partial charge in [0.1, 0.15) is 0 Å². The van der Waals surface area contributed by atoms with Gasteiger partial charge in [0, 0.05) is 7.11 Å². The third kappa shape index (κ3) is 86.6. The van der Waals surface area contributed by atoms with Gasteiger partial charge < -0.3 is 5.11 Å². The van der Waals surface area contributed by atoms with E-state index >= 15 is 0 Å². The van der Waals surface area contributed by atoms with Crippen LogP contribution in [0.4, 0.5) is 0 Å². The van der Waals surface area contributed by atoms with Crippen molar-refractivity contribution in [1.82, 2.24) is 0 Å². The first-order chi connectivity index (χ1) is 3.24. The number of halogens is 5. The van der Waals surface area contributed by atoms with E-state index in [1.165, 1.54) is 0 Å². The maximum atomic E-state index is 7.00. The maximum absolute atomic E-state index is 7.00. The first-order valence-electron chi connectivity index (χ1n) is 1.29. The predicted molar refractivity (Wildman–Crippen MR) is 43.2 cm³/mol. The Morgan fingerprint density at radius 2 is 0.875 bits per heavy atom. The fourth-order valence-electron chi connectivity index (χ4n) is 0. The summed E-state index contributed by atoms with van der Waals surface area (Å²) in [7, 11) is 26.2.